The highest BCUT2D eigenvalue weighted by Crippen LogP contribution is 2.37. The third kappa shape index (κ3) is 3.13. The normalized spacial score (nSPS) is 11.8. The summed E-state index contributed by atoms with van der Waals surface area (Å²) >= 11 is 0.678. The van der Waals surface area contributed by atoms with Crippen LogP contribution in [0.5, 0.6) is 0 Å². The van der Waals surface area contributed by atoms with Crippen molar-refractivity contribution in [3.63, 3.8) is 0 Å². The van der Waals surface area contributed by atoms with Gasteiger partial charge in [0, 0.05) is 12.7 Å². The first-order valence-electron chi connectivity index (χ1n) is 5.69. The number of hydrogen-bond acceptors (Lipinski definition) is 3. The smallest absolute Gasteiger partial charge is 0.316 e. The summed E-state index contributed by atoms with van der Waals surface area (Å²) in [5.41, 5.74) is 2.78. The lowest BCUT2D eigenvalue weighted by molar-refractivity contribution is -0.137. The Morgan fingerprint density at radius 2 is 2.05 bits per heavy atom. The van der Waals surface area contributed by atoms with Gasteiger partial charge in [-0.25, -0.2) is 4.98 Å². The van der Waals surface area contributed by atoms with E-state index in [2.05, 4.69) is 10.3 Å². The molecule has 102 valence electrons. The molecule has 0 amide bonds. The molecule has 0 fully saturated rings. The van der Waals surface area contributed by atoms with Crippen LogP contribution in [0.25, 0.3) is 10.4 Å². The van der Waals surface area contributed by atoms with Crippen LogP contribution in [0.2, 0.25) is 0 Å². The SMILES string of the molecule is CNCc1ccc(C)cc1-c1cnc(C(F)(F)F)s1. The van der Waals surface area contributed by atoms with Crippen LogP contribution < -0.4 is 5.32 Å². The quantitative estimate of drug-likeness (QED) is 0.927. The highest BCUT2D eigenvalue weighted by molar-refractivity contribution is 7.15. The zero-order valence-corrected chi connectivity index (χ0v) is 11.3. The second-order valence-corrected chi connectivity index (χ2v) is 5.25. The number of benzene rings is 1. The molecule has 0 aliphatic rings. The Hall–Kier alpha value is -1.40. The number of rotatable bonds is 3. The van der Waals surface area contributed by atoms with Gasteiger partial charge in [0.2, 0.25) is 0 Å². The fraction of sp³-hybridized carbons (Fsp3) is 0.308. The van der Waals surface area contributed by atoms with Crippen LogP contribution in [0.1, 0.15) is 16.1 Å². The Balaban J connectivity index is 2.46. The van der Waals surface area contributed by atoms with Gasteiger partial charge in [0.05, 0.1) is 4.88 Å². The monoisotopic (exact) mass is 286 g/mol. The first kappa shape index (κ1) is 14.0. The molecule has 2 aromatic rings. The number of thiazole rings is 1. The molecule has 0 aliphatic heterocycles. The molecular weight excluding hydrogens is 273 g/mol. The molecule has 1 aromatic heterocycles. The number of nitrogens with one attached hydrogen (secondary N) is 1. The van der Waals surface area contributed by atoms with Crippen molar-refractivity contribution in [1.82, 2.24) is 10.3 Å². The van der Waals surface area contributed by atoms with Crippen LogP contribution in [0.4, 0.5) is 13.2 Å². The zero-order chi connectivity index (χ0) is 14.0. The van der Waals surface area contributed by atoms with E-state index in [9.17, 15) is 13.2 Å². The van der Waals surface area contributed by atoms with Gasteiger partial charge in [-0.05, 0) is 25.1 Å². The van der Waals surface area contributed by atoms with Crippen LogP contribution in [0.15, 0.2) is 24.4 Å². The summed E-state index contributed by atoms with van der Waals surface area (Å²) in [6.45, 7) is 2.52. The molecule has 0 saturated carbocycles. The second-order valence-electron chi connectivity index (χ2n) is 4.22. The van der Waals surface area contributed by atoms with Gasteiger partial charge in [0.1, 0.15) is 0 Å². The summed E-state index contributed by atoms with van der Waals surface area (Å²) < 4.78 is 37.7. The molecule has 0 spiro atoms. The molecule has 0 saturated heterocycles. The van der Waals surface area contributed by atoms with Crippen molar-refractivity contribution >= 4 is 11.3 Å². The van der Waals surface area contributed by atoms with Crippen LogP contribution in [0.3, 0.4) is 0 Å². The minimum absolute atomic E-state index is 0.543. The first-order chi connectivity index (χ1) is 8.91. The van der Waals surface area contributed by atoms with Gasteiger partial charge in [0.25, 0.3) is 0 Å². The number of aryl methyl sites for hydroxylation is 1. The molecule has 0 radical (unpaired) electrons. The van der Waals surface area contributed by atoms with Crippen LogP contribution >= 0.6 is 11.3 Å². The van der Waals surface area contributed by atoms with Gasteiger partial charge in [0.15, 0.2) is 5.01 Å². The van der Waals surface area contributed by atoms with Gasteiger partial charge in [-0.15, -0.1) is 11.3 Å². The molecule has 6 heteroatoms. The first-order valence-corrected chi connectivity index (χ1v) is 6.51. The Morgan fingerprint density at radius 1 is 1.32 bits per heavy atom. The predicted molar refractivity (Wildman–Crippen MR) is 70.1 cm³/mol. The average molecular weight is 286 g/mol. The summed E-state index contributed by atoms with van der Waals surface area (Å²) in [7, 11) is 1.80. The van der Waals surface area contributed by atoms with Gasteiger partial charge in [-0.2, -0.15) is 13.2 Å². The fourth-order valence-corrected chi connectivity index (χ4v) is 2.63. The standard InChI is InChI=1S/C13H13F3N2S/c1-8-3-4-9(6-17-2)10(5-8)11-7-18-12(19-11)13(14,15)16/h3-5,7,17H,6H2,1-2H3. The lowest BCUT2D eigenvalue weighted by atomic mass is 10.0. The van der Waals surface area contributed by atoms with Crippen molar-refractivity contribution in [3.05, 3.63) is 40.5 Å². The molecule has 1 heterocycles. The van der Waals surface area contributed by atoms with Crippen molar-refractivity contribution in [2.75, 3.05) is 7.05 Å². The van der Waals surface area contributed by atoms with Crippen molar-refractivity contribution in [3.8, 4) is 10.4 Å². The molecule has 1 N–H and O–H groups in total. The van der Waals surface area contributed by atoms with E-state index in [0.29, 0.717) is 22.8 Å². The maximum absolute atomic E-state index is 12.6. The van der Waals surface area contributed by atoms with Gasteiger partial charge >= 0.3 is 6.18 Å². The van der Waals surface area contributed by atoms with Crippen molar-refractivity contribution in [2.45, 2.75) is 19.6 Å². The molecule has 0 atom stereocenters. The van der Waals surface area contributed by atoms with E-state index < -0.39 is 11.2 Å². The predicted octanol–water partition coefficient (Wildman–Crippen LogP) is 3.86. The molecule has 19 heavy (non-hydrogen) atoms. The summed E-state index contributed by atoms with van der Waals surface area (Å²) in [6.07, 6.45) is -3.09. The van der Waals surface area contributed by atoms with E-state index >= 15 is 0 Å². The second kappa shape index (κ2) is 5.30. The molecule has 2 rings (SSSR count). The molecule has 0 bridgehead atoms. The minimum Gasteiger partial charge on any atom is -0.316 e. The largest absolute Gasteiger partial charge is 0.443 e. The Kier molecular flexibility index (Phi) is 3.91. The maximum atomic E-state index is 12.6. The number of hydrogen-bond donors (Lipinski definition) is 1. The highest BCUT2D eigenvalue weighted by Gasteiger charge is 2.34. The Bertz CT molecular complexity index is 576. The summed E-state index contributed by atoms with van der Waals surface area (Å²) in [5.74, 6) is 0. The van der Waals surface area contributed by atoms with Crippen molar-refractivity contribution in [1.29, 1.82) is 0 Å². The van der Waals surface area contributed by atoms with E-state index in [1.165, 1.54) is 6.20 Å². The van der Waals surface area contributed by atoms with E-state index in [1.54, 1.807) is 7.05 Å². The van der Waals surface area contributed by atoms with Crippen LogP contribution in [-0.2, 0) is 12.7 Å². The number of aromatic nitrogens is 1. The lowest BCUT2D eigenvalue weighted by Gasteiger charge is -2.08. The van der Waals surface area contributed by atoms with Gasteiger partial charge in [-0.1, -0.05) is 23.8 Å². The van der Waals surface area contributed by atoms with Gasteiger partial charge in [-0.3, -0.25) is 0 Å². The van der Waals surface area contributed by atoms with Crippen LogP contribution in [-0.4, -0.2) is 12.0 Å². The maximum Gasteiger partial charge on any atom is 0.443 e. The summed E-state index contributed by atoms with van der Waals surface area (Å²) in [4.78, 5) is 4.01. The number of alkyl halides is 3. The van der Waals surface area contributed by atoms with E-state index in [1.807, 2.05) is 25.1 Å². The molecule has 0 aliphatic carbocycles. The Labute approximate surface area is 113 Å². The topological polar surface area (TPSA) is 24.9 Å². The van der Waals surface area contributed by atoms with Crippen LogP contribution in [0, 0.1) is 6.92 Å². The van der Waals surface area contributed by atoms with E-state index in [4.69, 9.17) is 0 Å². The fourth-order valence-electron chi connectivity index (χ4n) is 1.79. The van der Waals surface area contributed by atoms with Crippen molar-refractivity contribution in [2.24, 2.45) is 0 Å². The lowest BCUT2D eigenvalue weighted by Crippen LogP contribution is -2.06. The van der Waals surface area contributed by atoms with Crippen molar-refractivity contribution < 1.29 is 13.2 Å². The van der Waals surface area contributed by atoms with E-state index in [0.717, 1.165) is 16.7 Å². The third-order valence-electron chi connectivity index (χ3n) is 2.65. The highest BCUT2D eigenvalue weighted by atomic mass is 32.1. The molecular formula is C13H13F3N2S. The minimum atomic E-state index is -4.38. The zero-order valence-electron chi connectivity index (χ0n) is 10.5. The van der Waals surface area contributed by atoms with E-state index in [-0.39, 0.29) is 0 Å². The third-order valence-corrected chi connectivity index (χ3v) is 3.72. The molecule has 1 aromatic carbocycles. The molecule has 2 nitrogen and oxygen atoms in total. The summed E-state index contributed by atoms with van der Waals surface area (Å²) in [6, 6.07) is 5.76. The summed E-state index contributed by atoms with van der Waals surface area (Å²) in [5, 5.41) is 2.21. The Morgan fingerprint density at radius 3 is 2.63 bits per heavy atom. The number of nitrogens with zero attached hydrogens (tertiary/aromatic N) is 1. The molecule has 0 unspecified atom stereocenters. The number of halogens is 3. The average Bonchev–Trinajstić information content (AvgIpc) is 2.80. The van der Waals surface area contributed by atoms with Gasteiger partial charge < -0.3 is 5.32 Å².